The van der Waals surface area contributed by atoms with Gasteiger partial charge in [-0.1, -0.05) is 23.2 Å². The number of aryl methyl sites for hydroxylation is 3. The average molecular weight is 471 g/mol. The molecule has 158 valence electrons. The third-order valence-corrected chi connectivity index (χ3v) is 7.75. The van der Waals surface area contributed by atoms with E-state index in [0.29, 0.717) is 10.0 Å². The molecule has 3 aromatic heterocycles. The minimum atomic E-state index is -0.0982. The van der Waals surface area contributed by atoms with Crippen LogP contribution in [0.25, 0.3) is 15.9 Å². The number of aromatic nitrogens is 3. The number of halogens is 2. The van der Waals surface area contributed by atoms with Gasteiger partial charge in [-0.25, -0.2) is 4.98 Å². The average Bonchev–Trinajstić information content (AvgIpc) is 3.27. The van der Waals surface area contributed by atoms with Crippen molar-refractivity contribution in [2.45, 2.75) is 39.5 Å². The molecule has 0 N–H and O–H groups in total. The summed E-state index contributed by atoms with van der Waals surface area (Å²) in [6.07, 6.45) is 7.52. The maximum Gasteiger partial charge on any atom is 0.282 e. The summed E-state index contributed by atoms with van der Waals surface area (Å²) in [6.45, 7) is 4.03. The van der Waals surface area contributed by atoms with Crippen LogP contribution in [0.3, 0.4) is 0 Å². The third kappa shape index (κ3) is 3.53. The van der Waals surface area contributed by atoms with Crippen LogP contribution in [0.1, 0.15) is 40.2 Å². The second-order valence-electron chi connectivity index (χ2n) is 7.79. The molecule has 31 heavy (non-hydrogen) atoms. The summed E-state index contributed by atoms with van der Waals surface area (Å²) >= 11 is 13.9. The molecule has 0 bridgehead atoms. The molecule has 0 fully saturated rings. The second kappa shape index (κ2) is 7.93. The van der Waals surface area contributed by atoms with E-state index in [2.05, 4.69) is 14.7 Å². The van der Waals surface area contributed by atoms with Crippen LogP contribution in [0.4, 0.5) is 0 Å². The lowest BCUT2D eigenvalue weighted by Gasteiger charge is -2.10. The van der Waals surface area contributed by atoms with Gasteiger partial charge in [0.05, 0.1) is 21.6 Å². The lowest BCUT2D eigenvalue weighted by Crippen LogP contribution is -2.18. The predicted octanol–water partition coefficient (Wildman–Crippen LogP) is 5.93. The normalized spacial score (nSPS) is 13.9. The van der Waals surface area contributed by atoms with Gasteiger partial charge in [-0.3, -0.25) is 4.79 Å². The minimum absolute atomic E-state index is 0.0982. The molecule has 5 nitrogen and oxygen atoms in total. The molecule has 1 aliphatic carbocycles. The molecule has 5 rings (SSSR count). The van der Waals surface area contributed by atoms with Crippen LogP contribution in [0.2, 0.25) is 10.0 Å². The van der Waals surface area contributed by atoms with Gasteiger partial charge in [-0.2, -0.15) is 9.78 Å². The molecule has 0 amide bonds. The van der Waals surface area contributed by atoms with Crippen LogP contribution >= 0.6 is 34.5 Å². The van der Waals surface area contributed by atoms with Crippen molar-refractivity contribution in [1.82, 2.24) is 14.2 Å². The maximum absolute atomic E-state index is 13.1. The number of benzene rings is 1. The van der Waals surface area contributed by atoms with Gasteiger partial charge in [0.25, 0.3) is 5.56 Å². The van der Waals surface area contributed by atoms with Crippen LogP contribution in [0.5, 0.6) is 0 Å². The minimum Gasteiger partial charge on any atom is -0.318 e. The Bertz CT molecular complexity index is 1410. The van der Waals surface area contributed by atoms with E-state index in [1.54, 1.807) is 23.6 Å². The first kappa shape index (κ1) is 20.5. The van der Waals surface area contributed by atoms with Gasteiger partial charge < -0.3 is 4.57 Å². The number of hydrogen-bond acceptors (Lipinski definition) is 4. The Kier molecular flexibility index (Phi) is 5.24. The Morgan fingerprint density at radius 1 is 1.13 bits per heavy atom. The molecule has 0 spiro atoms. The predicted molar refractivity (Wildman–Crippen MR) is 129 cm³/mol. The van der Waals surface area contributed by atoms with Crippen LogP contribution in [0, 0.1) is 13.8 Å². The summed E-state index contributed by atoms with van der Waals surface area (Å²) in [6, 6.07) is 7.59. The summed E-state index contributed by atoms with van der Waals surface area (Å²) in [5.41, 5.74) is 4.95. The zero-order valence-corrected chi connectivity index (χ0v) is 19.5. The molecule has 1 aromatic carbocycles. The largest absolute Gasteiger partial charge is 0.318 e. The highest BCUT2D eigenvalue weighted by atomic mass is 35.5. The second-order valence-corrected chi connectivity index (χ2v) is 9.69. The highest BCUT2D eigenvalue weighted by Gasteiger charge is 2.20. The monoisotopic (exact) mass is 470 g/mol. The smallest absolute Gasteiger partial charge is 0.282 e. The first-order valence-electron chi connectivity index (χ1n) is 10.1. The summed E-state index contributed by atoms with van der Waals surface area (Å²) < 4.78 is 3.43. The number of rotatable bonds is 3. The van der Waals surface area contributed by atoms with E-state index in [9.17, 15) is 4.79 Å². The summed E-state index contributed by atoms with van der Waals surface area (Å²) in [7, 11) is 0. The van der Waals surface area contributed by atoms with Crippen LogP contribution in [0.15, 0.2) is 40.5 Å². The lowest BCUT2D eigenvalue weighted by atomic mass is 9.97. The van der Waals surface area contributed by atoms with Crippen LogP contribution < -0.4 is 5.56 Å². The zero-order valence-electron chi connectivity index (χ0n) is 17.2. The quantitative estimate of drug-likeness (QED) is 0.348. The lowest BCUT2D eigenvalue weighted by molar-refractivity contribution is 0.699. The van der Waals surface area contributed by atoms with E-state index < -0.39 is 0 Å². The summed E-state index contributed by atoms with van der Waals surface area (Å²) in [4.78, 5) is 19.7. The van der Waals surface area contributed by atoms with Crippen molar-refractivity contribution in [3.05, 3.63) is 78.4 Å². The van der Waals surface area contributed by atoms with Gasteiger partial charge in [-0.05, 0) is 69.4 Å². The summed E-state index contributed by atoms with van der Waals surface area (Å²) in [5, 5.41) is 6.22. The van der Waals surface area contributed by atoms with E-state index in [1.165, 1.54) is 27.9 Å². The van der Waals surface area contributed by atoms with E-state index in [-0.39, 0.29) is 5.56 Å². The van der Waals surface area contributed by atoms with Crippen molar-refractivity contribution in [3.63, 3.8) is 0 Å². The summed E-state index contributed by atoms with van der Waals surface area (Å²) in [5.74, 6) is 0. The molecule has 4 aromatic rings. The highest BCUT2D eigenvalue weighted by molar-refractivity contribution is 7.18. The highest BCUT2D eigenvalue weighted by Crippen LogP contribution is 2.33. The topological polar surface area (TPSA) is 52.2 Å². The fraction of sp³-hybridized carbons (Fsp3) is 0.261. The van der Waals surface area contributed by atoms with Crippen molar-refractivity contribution >= 4 is 51.0 Å². The molecule has 0 atom stereocenters. The maximum atomic E-state index is 13.1. The zero-order chi connectivity index (χ0) is 21.7. The van der Waals surface area contributed by atoms with Gasteiger partial charge in [0, 0.05) is 27.5 Å². The molecule has 0 radical (unpaired) electrons. The fourth-order valence-corrected chi connectivity index (χ4v) is 5.80. The van der Waals surface area contributed by atoms with Gasteiger partial charge in [0.2, 0.25) is 0 Å². The molecule has 1 aliphatic rings. The fourth-order valence-electron chi connectivity index (χ4n) is 4.28. The van der Waals surface area contributed by atoms with Crippen molar-refractivity contribution in [2.75, 3.05) is 0 Å². The van der Waals surface area contributed by atoms with E-state index in [4.69, 9.17) is 23.2 Å². The Morgan fingerprint density at radius 3 is 2.74 bits per heavy atom. The molecular formula is C23H20Cl2N4OS. The first-order valence-corrected chi connectivity index (χ1v) is 11.7. The Balaban J connectivity index is 1.54. The molecule has 0 saturated carbocycles. The number of fused-ring (bicyclic) bond motifs is 3. The number of hydrogen-bond donors (Lipinski definition) is 0. The standard InChI is InChI=1S/C23H20Cl2N4OS/c1-13-9-15(14(2)29(13)16-7-8-18(24)19(25)10-16)11-27-28-12-26-22-21(23(28)30)17-5-3-4-6-20(17)31-22/h7-12H,3-6H2,1-2H3/b27-11-. The number of nitrogens with zero attached hydrogens (tertiary/aromatic N) is 4. The Labute approximate surface area is 193 Å². The van der Waals surface area contributed by atoms with Gasteiger partial charge in [0.1, 0.15) is 11.2 Å². The molecule has 0 saturated heterocycles. The molecular weight excluding hydrogens is 451 g/mol. The number of thiophene rings is 1. The van der Waals surface area contributed by atoms with Crippen molar-refractivity contribution < 1.29 is 0 Å². The van der Waals surface area contributed by atoms with E-state index >= 15 is 0 Å². The van der Waals surface area contributed by atoms with Crippen molar-refractivity contribution in [1.29, 1.82) is 0 Å². The third-order valence-electron chi connectivity index (χ3n) is 5.81. The molecule has 8 heteroatoms. The first-order chi connectivity index (χ1) is 14.9. The molecule has 0 unspecified atom stereocenters. The van der Waals surface area contributed by atoms with Crippen LogP contribution in [-0.2, 0) is 12.8 Å². The van der Waals surface area contributed by atoms with E-state index in [0.717, 1.165) is 52.1 Å². The molecule has 3 heterocycles. The van der Waals surface area contributed by atoms with E-state index in [1.807, 2.05) is 32.0 Å². The van der Waals surface area contributed by atoms with Gasteiger partial charge >= 0.3 is 0 Å². The van der Waals surface area contributed by atoms with Gasteiger partial charge in [0.15, 0.2) is 0 Å². The molecule has 0 aliphatic heterocycles. The SMILES string of the molecule is Cc1cc(/C=N\n2cnc3sc4c(c3c2=O)CCCC4)c(C)n1-c1ccc(Cl)c(Cl)c1. The van der Waals surface area contributed by atoms with Crippen LogP contribution in [-0.4, -0.2) is 20.4 Å². The van der Waals surface area contributed by atoms with Crippen molar-refractivity contribution in [2.24, 2.45) is 5.10 Å². The Morgan fingerprint density at radius 2 is 1.94 bits per heavy atom. The van der Waals surface area contributed by atoms with Crippen molar-refractivity contribution in [3.8, 4) is 5.69 Å². The Hall–Kier alpha value is -2.41. The van der Waals surface area contributed by atoms with Gasteiger partial charge in [-0.15, -0.1) is 11.3 Å².